The van der Waals surface area contributed by atoms with Crippen molar-refractivity contribution in [1.82, 2.24) is 23.7 Å². The predicted octanol–water partition coefficient (Wildman–Crippen LogP) is 21.9. The first-order valence-electron chi connectivity index (χ1n) is 28.4. The van der Waals surface area contributed by atoms with Crippen LogP contribution in [-0.4, -0.2) is 23.7 Å². The van der Waals surface area contributed by atoms with E-state index in [1.807, 2.05) is 34.0 Å². The van der Waals surface area contributed by atoms with Gasteiger partial charge in [0.1, 0.15) is 0 Å². The third-order valence-electron chi connectivity index (χ3n) is 17.4. The zero-order valence-electron chi connectivity index (χ0n) is 44.8. The number of thiophene rings is 3. The van der Waals surface area contributed by atoms with Crippen molar-refractivity contribution in [2.45, 2.75) is 0 Å². The standard InChI is InChI=1S/C76H43N5S3/c1-7-25-64-50(19-1)56-40-73-59(53-22-4-10-28-70(53)82-73)37-67(56)79(64)47-33-31-44(32-34-47)62-43-63(45-15-13-17-48(35-45)80-65-26-8-2-20-51(65)57-41-74-60(38-68(57)80)54-23-5-11-29-71(54)83-74)78-76(77-62)46-16-14-18-49(36-46)81-66-27-9-3-21-52(66)58-42-75-61(39-69(58)81)55-24-6-12-30-72(55)84-75/h1-43H. The molecule has 0 atom stereocenters. The Morgan fingerprint density at radius 3 is 1.04 bits per heavy atom. The van der Waals surface area contributed by atoms with Crippen molar-refractivity contribution in [2.24, 2.45) is 0 Å². The maximum absolute atomic E-state index is 5.57. The minimum Gasteiger partial charge on any atom is -0.309 e. The van der Waals surface area contributed by atoms with Gasteiger partial charge in [-0.05, 0) is 115 Å². The van der Waals surface area contributed by atoms with Gasteiger partial charge in [0.25, 0.3) is 0 Å². The normalized spacial score (nSPS) is 12.3. The molecule has 0 unspecified atom stereocenters. The van der Waals surface area contributed by atoms with Crippen LogP contribution in [0.3, 0.4) is 0 Å². The summed E-state index contributed by atoms with van der Waals surface area (Å²) in [7, 11) is 0. The highest BCUT2D eigenvalue weighted by Gasteiger charge is 2.21. The topological polar surface area (TPSA) is 40.6 Å². The summed E-state index contributed by atoms with van der Waals surface area (Å²) >= 11 is 5.60. The molecule has 0 aliphatic heterocycles. The molecular weight excluding hydrogens is 1080 g/mol. The second-order valence-electron chi connectivity index (χ2n) is 22.1. The molecule has 0 saturated heterocycles. The third kappa shape index (κ3) is 6.81. The summed E-state index contributed by atoms with van der Waals surface area (Å²) in [5.74, 6) is 0.656. The molecule has 0 spiro atoms. The van der Waals surface area contributed by atoms with Crippen LogP contribution in [0.25, 0.3) is 177 Å². The van der Waals surface area contributed by atoms with E-state index in [1.54, 1.807) is 0 Å². The minimum absolute atomic E-state index is 0.656. The second-order valence-corrected chi connectivity index (χ2v) is 25.3. The monoisotopic (exact) mass is 1120 g/mol. The number of rotatable bonds is 6. The largest absolute Gasteiger partial charge is 0.309 e. The number of para-hydroxylation sites is 3. The molecule has 0 bridgehead atoms. The van der Waals surface area contributed by atoms with Crippen LogP contribution in [0.5, 0.6) is 0 Å². The summed E-state index contributed by atoms with van der Waals surface area (Å²) in [4.78, 5) is 11.1. The van der Waals surface area contributed by atoms with Gasteiger partial charge in [-0.2, -0.15) is 0 Å². The van der Waals surface area contributed by atoms with Crippen LogP contribution in [0.4, 0.5) is 0 Å². The first kappa shape index (κ1) is 46.4. The molecule has 0 fully saturated rings. The van der Waals surface area contributed by atoms with Crippen LogP contribution in [0.2, 0.25) is 0 Å². The van der Waals surface area contributed by atoms with Gasteiger partial charge in [0, 0.05) is 127 Å². The van der Waals surface area contributed by atoms with E-state index in [0.717, 1.165) is 50.7 Å². The Kier molecular flexibility index (Phi) is 9.75. The molecule has 12 aromatic carbocycles. The van der Waals surface area contributed by atoms with E-state index in [4.69, 9.17) is 9.97 Å². The van der Waals surface area contributed by atoms with Gasteiger partial charge in [-0.25, -0.2) is 9.97 Å². The Hall–Kier alpha value is -10.2. The van der Waals surface area contributed by atoms with Crippen molar-refractivity contribution >= 4 is 160 Å². The molecule has 19 rings (SSSR count). The van der Waals surface area contributed by atoms with Crippen molar-refractivity contribution in [1.29, 1.82) is 0 Å². The number of hydrogen-bond donors (Lipinski definition) is 0. The fourth-order valence-electron chi connectivity index (χ4n) is 13.6. The van der Waals surface area contributed by atoms with Crippen LogP contribution >= 0.6 is 34.0 Å². The van der Waals surface area contributed by atoms with E-state index in [0.29, 0.717) is 5.82 Å². The molecular formula is C76H43N5S3. The SMILES string of the molecule is c1cc(-c2cc(-c3ccc(-n4c5ccccc5c5cc6sc7ccccc7c6cc54)cc3)nc(-c3cccc(-n4c5ccccc5c5cc6sc7ccccc7c6cc54)c3)n2)cc(-n2c3ccccc3c3cc4sc5ccccc5c4cc32)c1. The summed E-state index contributed by atoms with van der Waals surface area (Å²) in [5.41, 5.74) is 14.9. The maximum Gasteiger partial charge on any atom is 0.160 e. The van der Waals surface area contributed by atoms with E-state index < -0.39 is 0 Å². The molecule has 84 heavy (non-hydrogen) atoms. The average molecular weight is 1120 g/mol. The van der Waals surface area contributed by atoms with E-state index in [2.05, 4.69) is 275 Å². The number of fused-ring (bicyclic) bond motifs is 18. The van der Waals surface area contributed by atoms with Gasteiger partial charge in [-0.1, -0.05) is 146 Å². The van der Waals surface area contributed by atoms with Crippen molar-refractivity contribution in [3.63, 3.8) is 0 Å². The first-order valence-corrected chi connectivity index (χ1v) is 30.8. The number of hydrogen-bond acceptors (Lipinski definition) is 5. The van der Waals surface area contributed by atoms with Crippen molar-refractivity contribution < 1.29 is 0 Å². The quantitative estimate of drug-likeness (QED) is 0.166. The molecule has 5 nitrogen and oxygen atoms in total. The highest BCUT2D eigenvalue weighted by atomic mass is 32.1. The number of benzene rings is 12. The molecule has 8 heteroatoms. The van der Waals surface area contributed by atoms with Gasteiger partial charge in [0.2, 0.25) is 0 Å². The van der Waals surface area contributed by atoms with Gasteiger partial charge < -0.3 is 13.7 Å². The van der Waals surface area contributed by atoms with Gasteiger partial charge in [0.15, 0.2) is 5.82 Å². The summed E-state index contributed by atoms with van der Waals surface area (Å²) in [6, 6.07) is 96.0. The zero-order chi connectivity index (χ0) is 54.7. The van der Waals surface area contributed by atoms with Crippen LogP contribution in [-0.2, 0) is 0 Å². The molecule has 7 heterocycles. The van der Waals surface area contributed by atoms with Crippen LogP contribution < -0.4 is 0 Å². The Balaban J connectivity index is 0.797. The van der Waals surface area contributed by atoms with Gasteiger partial charge in [-0.15, -0.1) is 34.0 Å². The van der Waals surface area contributed by atoms with E-state index in [-0.39, 0.29) is 0 Å². The lowest BCUT2D eigenvalue weighted by Gasteiger charge is -2.14. The summed E-state index contributed by atoms with van der Waals surface area (Å²) < 4.78 is 15.1. The summed E-state index contributed by atoms with van der Waals surface area (Å²) in [6.07, 6.45) is 0. The molecule has 390 valence electrons. The Labute approximate surface area is 492 Å². The number of aromatic nitrogens is 5. The highest BCUT2D eigenvalue weighted by Crippen LogP contribution is 2.45. The molecule has 0 N–H and O–H groups in total. The minimum atomic E-state index is 0.656. The van der Waals surface area contributed by atoms with Crippen LogP contribution in [0.1, 0.15) is 0 Å². The smallest absolute Gasteiger partial charge is 0.160 e. The maximum atomic E-state index is 5.57. The van der Waals surface area contributed by atoms with Crippen molar-refractivity contribution in [3.8, 4) is 51.0 Å². The molecule has 0 radical (unpaired) electrons. The van der Waals surface area contributed by atoms with E-state index in [9.17, 15) is 0 Å². The number of nitrogens with zero attached hydrogens (tertiary/aromatic N) is 5. The van der Waals surface area contributed by atoms with Crippen molar-refractivity contribution in [3.05, 3.63) is 261 Å². The lowest BCUT2D eigenvalue weighted by Crippen LogP contribution is -1.99. The Morgan fingerprint density at radius 2 is 0.583 bits per heavy atom. The Morgan fingerprint density at radius 1 is 0.214 bits per heavy atom. The molecule has 19 aromatic rings. The fourth-order valence-corrected chi connectivity index (χ4v) is 17.0. The second kappa shape index (κ2) is 17.6. The molecule has 0 aliphatic carbocycles. The lowest BCUT2D eigenvalue weighted by atomic mass is 10.0. The first-order chi connectivity index (χ1) is 41.6. The molecule has 0 aliphatic rings. The van der Waals surface area contributed by atoms with E-state index >= 15 is 0 Å². The van der Waals surface area contributed by atoms with Gasteiger partial charge in [-0.3, -0.25) is 0 Å². The molecule has 7 aromatic heterocycles. The van der Waals surface area contributed by atoms with Crippen LogP contribution in [0.15, 0.2) is 261 Å². The third-order valence-corrected chi connectivity index (χ3v) is 20.8. The fraction of sp³-hybridized carbons (Fsp3) is 0. The predicted molar refractivity (Wildman–Crippen MR) is 360 cm³/mol. The van der Waals surface area contributed by atoms with E-state index in [1.165, 1.54) is 120 Å². The average Bonchev–Trinajstić information content (AvgIpc) is 2.58. The molecule has 0 amide bonds. The lowest BCUT2D eigenvalue weighted by molar-refractivity contribution is 1.15. The summed E-state index contributed by atoms with van der Waals surface area (Å²) in [5, 5.41) is 15.2. The highest BCUT2D eigenvalue weighted by molar-refractivity contribution is 7.26. The molecule has 0 saturated carbocycles. The Bertz CT molecular complexity index is 5750. The summed E-state index contributed by atoms with van der Waals surface area (Å²) in [6.45, 7) is 0. The van der Waals surface area contributed by atoms with Gasteiger partial charge in [0.05, 0.1) is 44.5 Å². The van der Waals surface area contributed by atoms with Crippen molar-refractivity contribution in [2.75, 3.05) is 0 Å². The zero-order valence-corrected chi connectivity index (χ0v) is 47.2. The van der Waals surface area contributed by atoms with Gasteiger partial charge >= 0.3 is 0 Å². The van der Waals surface area contributed by atoms with Crippen LogP contribution in [0, 0.1) is 0 Å².